The Bertz CT molecular complexity index is 1220. The summed E-state index contributed by atoms with van der Waals surface area (Å²) in [6.45, 7) is 3.30. The van der Waals surface area contributed by atoms with Crippen LogP contribution in [-0.4, -0.2) is 29.5 Å². The normalized spacial score (nSPS) is 13.5. The summed E-state index contributed by atoms with van der Waals surface area (Å²) in [4.78, 5) is 23.6. The van der Waals surface area contributed by atoms with Gasteiger partial charge in [-0.2, -0.15) is 13.2 Å². The highest BCUT2D eigenvalue weighted by Gasteiger charge is 2.31. The second-order valence-corrected chi connectivity index (χ2v) is 8.21. The third-order valence-corrected chi connectivity index (χ3v) is 5.67. The van der Waals surface area contributed by atoms with E-state index in [1.165, 1.54) is 6.07 Å². The molecule has 2 N–H and O–H groups in total. The maximum absolute atomic E-state index is 13.1. The standard InChI is InChI=1S/C23H21ClF3N5O/c1-13-3-4-18(30-21(33)14-7-16(23(25,26)27)9-17(24)8-14)10-20(13)32-6-5-19-15(12-32)11-29-22(28-2)31-19/h3-4,7-11H,5-6,12H2,1-2H3,(H,30,33)(H,28,29,31). The van der Waals surface area contributed by atoms with Crippen molar-refractivity contribution in [2.45, 2.75) is 26.1 Å². The zero-order valence-corrected chi connectivity index (χ0v) is 18.7. The van der Waals surface area contributed by atoms with E-state index in [4.69, 9.17) is 11.6 Å². The molecule has 6 nitrogen and oxygen atoms in total. The number of hydrogen-bond acceptors (Lipinski definition) is 5. The molecule has 172 valence electrons. The van der Waals surface area contributed by atoms with Crippen molar-refractivity contribution in [2.24, 2.45) is 0 Å². The minimum atomic E-state index is -4.60. The van der Waals surface area contributed by atoms with Crippen LogP contribution in [0.2, 0.25) is 5.02 Å². The third kappa shape index (κ3) is 5.03. The number of amides is 1. The predicted octanol–water partition coefficient (Wildman–Crippen LogP) is 5.31. The minimum Gasteiger partial charge on any atom is -0.366 e. The number of halogens is 4. The molecule has 1 aliphatic rings. The molecular formula is C23H21ClF3N5O. The Kier molecular flexibility index (Phi) is 6.16. The number of rotatable bonds is 4. The summed E-state index contributed by atoms with van der Waals surface area (Å²) < 4.78 is 39.2. The topological polar surface area (TPSA) is 70.2 Å². The van der Waals surface area contributed by atoms with Crippen molar-refractivity contribution in [3.63, 3.8) is 0 Å². The van der Waals surface area contributed by atoms with E-state index in [-0.39, 0.29) is 10.6 Å². The smallest absolute Gasteiger partial charge is 0.366 e. The van der Waals surface area contributed by atoms with Gasteiger partial charge in [0.15, 0.2) is 0 Å². The van der Waals surface area contributed by atoms with Crippen LogP contribution in [-0.2, 0) is 19.1 Å². The van der Waals surface area contributed by atoms with Gasteiger partial charge < -0.3 is 15.5 Å². The van der Waals surface area contributed by atoms with Gasteiger partial charge in [-0.3, -0.25) is 4.79 Å². The van der Waals surface area contributed by atoms with Gasteiger partial charge in [-0.15, -0.1) is 0 Å². The van der Waals surface area contributed by atoms with E-state index in [1.54, 1.807) is 19.3 Å². The van der Waals surface area contributed by atoms with Crippen LogP contribution in [0.15, 0.2) is 42.6 Å². The number of carbonyl (C=O) groups is 1. The molecule has 1 aromatic heterocycles. The highest BCUT2D eigenvalue weighted by molar-refractivity contribution is 6.31. The summed E-state index contributed by atoms with van der Waals surface area (Å²) in [5, 5.41) is 5.46. The molecule has 33 heavy (non-hydrogen) atoms. The fraction of sp³-hybridized carbons (Fsp3) is 0.261. The van der Waals surface area contributed by atoms with Crippen molar-refractivity contribution in [2.75, 3.05) is 29.1 Å². The second-order valence-electron chi connectivity index (χ2n) is 7.77. The molecule has 0 bridgehead atoms. The fourth-order valence-electron chi connectivity index (χ4n) is 3.76. The van der Waals surface area contributed by atoms with Gasteiger partial charge in [-0.05, 0) is 42.8 Å². The number of aryl methyl sites for hydroxylation is 1. The lowest BCUT2D eigenvalue weighted by molar-refractivity contribution is -0.137. The summed E-state index contributed by atoms with van der Waals surface area (Å²) in [5.74, 6) is -0.0902. The molecular weight excluding hydrogens is 455 g/mol. The number of alkyl halides is 3. The SMILES string of the molecule is CNc1ncc2c(n1)CCN(c1cc(NC(=O)c3cc(Cl)cc(C(F)(F)F)c3)ccc1C)C2. The number of fused-ring (bicyclic) bond motifs is 1. The van der Waals surface area contributed by atoms with E-state index in [1.807, 2.05) is 19.1 Å². The first-order valence-electron chi connectivity index (χ1n) is 10.2. The van der Waals surface area contributed by atoms with Crippen LogP contribution in [0, 0.1) is 6.92 Å². The predicted molar refractivity (Wildman–Crippen MR) is 122 cm³/mol. The molecule has 0 unspecified atom stereocenters. The maximum Gasteiger partial charge on any atom is 0.416 e. The van der Waals surface area contributed by atoms with E-state index in [2.05, 4.69) is 25.5 Å². The molecule has 4 rings (SSSR count). The van der Waals surface area contributed by atoms with Gasteiger partial charge in [0.05, 0.1) is 11.3 Å². The molecule has 2 heterocycles. The lowest BCUT2D eigenvalue weighted by atomic mass is 10.0. The summed E-state index contributed by atoms with van der Waals surface area (Å²) >= 11 is 5.81. The van der Waals surface area contributed by atoms with Gasteiger partial charge in [0.25, 0.3) is 5.91 Å². The first kappa shape index (κ1) is 22.8. The maximum atomic E-state index is 13.1. The Morgan fingerprint density at radius 1 is 1.18 bits per heavy atom. The van der Waals surface area contributed by atoms with Crippen molar-refractivity contribution in [1.29, 1.82) is 0 Å². The lowest BCUT2D eigenvalue weighted by Gasteiger charge is -2.31. The zero-order valence-electron chi connectivity index (χ0n) is 17.9. The average Bonchev–Trinajstić information content (AvgIpc) is 2.78. The summed E-state index contributed by atoms with van der Waals surface area (Å²) in [7, 11) is 1.77. The fourth-order valence-corrected chi connectivity index (χ4v) is 3.99. The third-order valence-electron chi connectivity index (χ3n) is 5.45. The number of hydrogen-bond donors (Lipinski definition) is 2. The molecule has 0 radical (unpaired) electrons. The molecule has 0 aliphatic carbocycles. The lowest BCUT2D eigenvalue weighted by Crippen LogP contribution is -2.32. The van der Waals surface area contributed by atoms with Crippen LogP contribution < -0.4 is 15.5 Å². The monoisotopic (exact) mass is 475 g/mol. The molecule has 0 fully saturated rings. The zero-order chi connectivity index (χ0) is 23.8. The van der Waals surface area contributed by atoms with Crippen molar-refractivity contribution in [3.8, 4) is 0 Å². The van der Waals surface area contributed by atoms with Gasteiger partial charge in [0.1, 0.15) is 0 Å². The van der Waals surface area contributed by atoms with Gasteiger partial charge in [0.2, 0.25) is 5.95 Å². The number of nitrogens with one attached hydrogen (secondary N) is 2. The van der Waals surface area contributed by atoms with Crippen molar-refractivity contribution >= 4 is 34.8 Å². The summed E-state index contributed by atoms with van der Waals surface area (Å²) in [5.41, 5.74) is 3.27. The van der Waals surface area contributed by atoms with Gasteiger partial charge >= 0.3 is 6.18 Å². The molecule has 1 amide bonds. The Morgan fingerprint density at radius 2 is 1.97 bits per heavy atom. The minimum absolute atomic E-state index is 0.157. The first-order chi connectivity index (χ1) is 15.6. The molecule has 0 spiro atoms. The Morgan fingerprint density at radius 3 is 2.70 bits per heavy atom. The van der Waals surface area contributed by atoms with Crippen LogP contribution in [0.1, 0.15) is 32.7 Å². The van der Waals surface area contributed by atoms with Crippen LogP contribution in [0.5, 0.6) is 0 Å². The largest absolute Gasteiger partial charge is 0.416 e. The molecule has 1 aliphatic heterocycles. The quantitative estimate of drug-likeness (QED) is 0.535. The number of benzene rings is 2. The summed E-state index contributed by atoms with van der Waals surface area (Å²) in [6.07, 6.45) is -2.05. The Balaban J connectivity index is 1.56. The molecule has 2 aromatic carbocycles. The highest BCUT2D eigenvalue weighted by Crippen LogP contribution is 2.33. The van der Waals surface area contributed by atoms with Gasteiger partial charge in [-0.1, -0.05) is 17.7 Å². The van der Waals surface area contributed by atoms with Crippen LogP contribution >= 0.6 is 11.6 Å². The van der Waals surface area contributed by atoms with E-state index in [9.17, 15) is 18.0 Å². The molecule has 10 heteroatoms. The van der Waals surface area contributed by atoms with Crippen LogP contribution in [0.4, 0.5) is 30.5 Å². The average molecular weight is 476 g/mol. The molecule has 0 saturated carbocycles. The van der Waals surface area contributed by atoms with E-state index in [0.717, 1.165) is 47.6 Å². The second kappa shape index (κ2) is 8.90. The van der Waals surface area contributed by atoms with Crippen molar-refractivity contribution < 1.29 is 18.0 Å². The number of anilines is 3. The van der Waals surface area contributed by atoms with Gasteiger partial charge in [0, 0.05) is 60.3 Å². The molecule has 0 saturated heterocycles. The Labute approximate surface area is 193 Å². The Hall–Kier alpha value is -3.33. The van der Waals surface area contributed by atoms with E-state index in [0.29, 0.717) is 18.2 Å². The van der Waals surface area contributed by atoms with Gasteiger partial charge in [-0.25, -0.2) is 9.97 Å². The van der Waals surface area contributed by atoms with Crippen LogP contribution in [0.3, 0.4) is 0 Å². The number of aromatic nitrogens is 2. The molecule has 3 aromatic rings. The van der Waals surface area contributed by atoms with Crippen LogP contribution in [0.25, 0.3) is 0 Å². The van der Waals surface area contributed by atoms with Crippen molar-refractivity contribution in [3.05, 3.63) is 75.6 Å². The molecule has 0 atom stereocenters. The van der Waals surface area contributed by atoms with E-state index >= 15 is 0 Å². The number of carbonyl (C=O) groups excluding carboxylic acids is 1. The summed E-state index contributed by atoms with van der Waals surface area (Å²) in [6, 6.07) is 8.18. The first-order valence-corrected chi connectivity index (χ1v) is 10.6. The van der Waals surface area contributed by atoms with Crippen molar-refractivity contribution in [1.82, 2.24) is 9.97 Å². The number of nitrogens with zero attached hydrogens (tertiary/aromatic N) is 3. The highest BCUT2D eigenvalue weighted by atomic mass is 35.5. The van der Waals surface area contributed by atoms with E-state index < -0.39 is 17.6 Å².